The number of nitrogens with one attached hydrogen (secondary N) is 1. The van der Waals surface area contributed by atoms with Gasteiger partial charge >= 0.3 is 5.97 Å². The first kappa shape index (κ1) is 16.1. The van der Waals surface area contributed by atoms with Gasteiger partial charge in [0.05, 0.1) is 20.6 Å². The van der Waals surface area contributed by atoms with Crippen LogP contribution in [0.4, 0.5) is 0 Å². The molecule has 22 heavy (non-hydrogen) atoms. The number of rotatable bonds is 8. The number of amides is 1. The van der Waals surface area contributed by atoms with Gasteiger partial charge in [0, 0.05) is 0 Å². The summed E-state index contributed by atoms with van der Waals surface area (Å²) >= 11 is 0. The van der Waals surface area contributed by atoms with Crippen LogP contribution in [0.5, 0.6) is 11.5 Å². The summed E-state index contributed by atoms with van der Waals surface area (Å²) in [5.41, 5.74) is 0.741. The van der Waals surface area contributed by atoms with E-state index >= 15 is 0 Å². The lowest BCUT2D eigenvalue weighted by molar-refractivity contribution is -0.142. The molecular formula is C16H21NO5. The van der Waals surface area contributed by atoms with Crippen molar-refractivity contribution in [3.8, 4) is 11.5 Å². The molecule has 2 N–H and O–H groups in total. The molecule has 1 aromatic rings. The molecule has 1 aliphatic carbocycles. The molecule has 1 atom stereocenters. The molecule has 1 fully saturated rings. The number of hydrogen-bond donors (Lipinski definition) is 2. The number of carboxylic acid groups (broad SMARTS) is 1. The molecule has 1 aliphatic rings. The molecular weight excluding hydrogens is 286 g/mol. The van der Waals surface area contributed by atoms with E-state index in [1.54, 1.807) is 25.3 Å². The minimum absolute atomic E-state index is 0.106. The third kappa shape index (κ3) is 4.38. The second-order valence-electron chi connectivity index (χ2n) is 5.50. The Labute approximate surface area is 129 Å². The van der Waals surface area contributed by atoms with Gasteiger partial charge in [0.2, 0.25) is 5.91 Å². The lowest BCUT2D eigenvalue weighted by Crippen LogP contribution is -2.41. The van der Waals surface area contributed by atoms with Gasteiger partial charge in [0.1, 0.15) is 6.04 Å². The number of hydrogen-bond acceptors (Lipinski definition) is 4. The van der Waals surface area contributed by atoms with E-state index in [0.717, 1.165) is 18.4 Å². The van der Waals surface area contributed by atoms with Crippen LogP contribution in [0.25, 0.3) is 0 Å². The van der Waals surface area contributed by atoms with Crippen LogP contribution in [-0.2, 0) is 16.0 Å². The van der Waals surface area contributed by atoms with Gasteiger partial charge in [-0.1, -0.05) is 18.9 Å². The summed E-state index contributed by atoms with van der Waals surface area (Å²) in [5, 5.41) is 11.8. The smallest absolute Gasteiger partial charge is 0.326 e. The molecule has 1 aromatic carbocycles. The number of carboxylic acids is 1. The van der Waals surface area contributed by atoms with Crippen molar-refractivity contribution in [2.24, 2.45) is 5.92 Å². The summed E-state index contributed by atoms with van der Waals surface area (Å²) in [4.78, 5) is 23.2. The number of aliphatic carboxylic acids is 1. The first-order valence-electron chi connectivity index (χ1n) is 7.26. The predicted octanol–water partition coefficient (Wildman–Crippen LogP) is 1.62. The second-order valence-corrected chi connectivity index (χ2v) is 5.50. The third-order valence-electron chi connectivity index (χ3n) is 3.71. The molecule has 0 bridgehead atoms. The summed E-state index contributed by atoms with van der Waals surface area (Å²) < 4.78 is 10.3. The maximum atomic E-state index is 12.0. The Bertz CT molecular complexity index is 553. The summed E-state index contributed by atoms with van der Waals surface area (Å²) in [5.74, 6) is 0.277. The lowest BCUT2D eigenvalue weighted by atomic mass is 10.1. The minimum atomic E-state index is -0.979. The lowest BCUT2D eigenvalue weighted by Gasteiger charge is -2.14. The standard InChI is InChI=1S/C16H21NO5/c1-21-13-6-5-11(8-14(13)22-2)9-15(18)17-12(16(19)20)7-10-3-4-10/h5-6,8,10,12H,3-4,7,9H2,1-2H3,(H,17,18)(H,19,20). The van der Waals surface area contributed by atoms with Gasteiger partial charge in [-0.15, -0.1) is 0 Å². The van der Waals surface area contributed by atoms with E-state index in [1.165, 1.54) is 7.11 Å². The fourth-order valence-corrected chi connectivity index (χ4v) is 2.33. The van der Waals surface area contributed by atoms with Crippen molar-refractivity contribution >= 4 is 11.9 Å². The van der Waals surface area contributed by atoms with E-state index in [-0.39, 0.29) is 12.3 Å². The molecule has 1 unspecified atom stereocenters. The number of ether oxygens (including phenoxy) is 2. The second kappa shape index (κ2) is 7.15. The van der Waals surface area contributed by atoms with Gasteiger partial charge in [0.25, 0.3) is 0 Å². The normalized spacial score (nSPS) is 15.0. The molecule has 1 saturated carbocycles. The number of methoxy groups -OCH3 is 2. The Morgan fingerprint density at radius 2 is 1.95 bits per heavy atom. The highest BCUT2D eigenvalue weighted by atomic mass is 16.5. The van der Waals surface area contributed by atoms with Gasteiger partial charge in [-0.2, -0.15) is 0 Å². The van der Waals surface area contributed by atoms with E-state index < -0.39 is 12.0 Å². The van der Waals surface area contributed by atoms with Gasteiger partial charge in [-0.25, -0.2) is 4.79 Å². The number of carbonyl (C=O) groups is 2. The molecule has 0 heterocycles. The van der Waals surface area contributed by atoms with Crippen LogP contribution in [0.3, 0.4) is 0 Å². The van der Waals surface area contributed by atoms with Gasteiger partial charge < -0.3 is 19.9 Å². The average Bonchev–Trinajstić information content (AvgIpc) is 3.30. The monoisotopic (exact) mass is 307 g/mol. The van der Waals surface area contributed by atoms with Crippen molar-refractivity contribution in [3.05, 3.63) is 23.8 Å². The van der Waals surface area contributed by atoms with Crippen molar-refractivity contribution in [3.63, 3.8) is 0 Å². The van der Waals surface area contributed by atoms with Gasteiger partial charge in [0.15, 0.2) is 11.5 Å². The van der Waals surface area contributed by atoms with Crippen LogP contribution < -0.4 is 14.8 Å². The first-order chi connectivity index (χ1) is 10.5. The highest BCUT2D eigenvalue weighted by Crippen LogP contribution is 2.33. The maximum absolute atomic E-state index is 12.0. The molecule has 0 saturated heterocycles. The average molecular weight is 307 g/mol. The molecule has 6 nitrogen and oxygen atoms in total. The number of benzene rings is 1. The van der Waals surface area contributed by atoms with Crippen LogP contribution in [0.1, 0.15) is 24.8 Å². The molecule has 0 aliphatic heterocycles. The van der Waals surface area contributed by atoms with Crippen LogP contribution in [0.2, 0.25) is 0 Å². The van der Waals surface area contributed by atoms with Gasteiger partial charge in [-0.05, 0) is 30.0 Å². The third-order valence-corrected chi connectivity index (χ3v) is 3.71. The highest BCUT2D eigenvalue weighted by molar-refractivity contribution is 5.85. The summed E-state index contributed by atoms with van der Waals surface area (Å²) in [7, 11) is 3.07. The van der Waals surface area contributed by atoms with E-state index in [1.807, 2.05) is 0 Å². The van der Waals surface area contributed by atoms with Crippen molar-refractivity contribution in [1.82, 2.24) is 5.32 Å². The van der Waals surface area contributed by atoms with E-state index in [2.05, 4.69) is 5.32 Å². The summed E-state index contributed by atoms with van der Waals surface area (Å²) in [6, 6.07) is 4.40. The predicted molar refractivity (Wildman–Crippen MR) is 80.2 cm³/mol. The maximum Gasteiger partial charge on any atom is 0.326 e. The highest BCUT2D eigenvalue weighted by Gasteiger charge is 2.30. The van der Waals surface area contributed by atoms with E-state index in [9.17, 15) is 9.59 Å². The molecule has 6 heteroatoms. The van der Waals surface area contributed by atoms with Crippen LogP contribution in [-0.4, -0.2) is 37.2 Å². The molecule has 2 rings (SSSR count). The molecule has 0 aromatic heterocycles. The Balaban J connectivity index is 1.96. The summed E-state index contributed by atoms with van der Waals surface area (Å²) in [6.07, 6.45) is 2.71. The molecule has 0 radical (unpaired) electrons. The fourth-order valence-electron chi connectivity index (χ4n) is 2.33. The molecule has 120 valence electrons. The first-order valence-corrected chi connectivity index (χ1v) is 7.26. The van der Waals surface area contributed by atoms with Crippen LogP contribution in [0, 0.1) is 5.92 Å². The summed E-state index contributed by atoms with van der Waals surface area (Å²) in [6.45, 7) is 0. The van der Waals surface area contributed by atoms with E-state index in [4.69, 9.17) is 14.6 Å². The SMILES string of the molecule is COc1ccc(CC(=O)NC(CC2CC2)C(=O)O)cc1OC. The van der Waals surface area contributed by atoms with Crippen molar-refractivity contribution in [1.29, 1.82) is 0 Å². The Morgan fingerprint density at radius 1 is 1.27 bits per heavy atom. The minimum Gasteiger partial charge on any atom is -0.493 e. The Hall–Kier alpha value is -2.24. The largest absolute Gasteiger partial charge is 0.493 e. The van der Waals surface area contributed by atoms with Crippen molar-refractivity contribution in [2.75, 3.05) is 14.2 Å². The van der Waals surface area contributed by atoms with E-state index in [0.29, 0.717) is 23.8 Å². The van der Waals surface area contributed by atoms with Gasteiger partial charge in [-0.3, -0.25) is 4.79 Å². The zero-order valence-corrected chi connectivity index (χ0v) is 12.8. The quantitative estimate of drug-likeness (QED) is 0.762. The van der Waals surface area contributed by atoms with Crippen LogP contribution >= 0.6 is 0 Å². The Kier molecular flexibility index (Phi) is 5.25. The molecule has 1 amide bonds. The zero-order valence-electron chi connectivity index (χ0n) is 12.8. The van der Waals surface area contributed by atoms with Crippen LogP contribution in [0.15, 0.2) is 18.2 Å². The zero-order chi connectivity index (χ0) is 16.1. The fraction of sp³-hybridized carbons (Fsp3) is 0.500. The topological polar surface area (TPSA) is 84.9 Å². The number of carbonyl (C=O) groups excluding carboxylic acids is 1. The van der Waals surface area contributed by atoms with Crippen molar-refractivity contribution < 1.29 is 24.2 Å². The Morgan fingerprint density at radius 3 is 2.50 bits per heavy atom. The molecule has 0 spiro atoms. The van der Waals surface area contributed by atoms with Crippen molar-refractivity contribution in [2.45, 2.75) is 31.7 Å².